The first-order valence-electron chi connectivity index (χ1n) is 6.97. The number of benzene rings is 1. The monoisotopic (exact) mass is 429 g/mol. The highest BCUT2D eigenvalue weighted by Gasteiger charge is 2.32. The third kappa shape index (κ3) is 4.58. The van der Waals surface area contributed by atoms with Gasteiger partial charge < -0.3 is 4.74 Å². The van der Waals surface area contributed by atoms with Crippen molar-refractivity contribution in [2.45, 2.75) is 18.0 Å². The van der Waals surface area contributed by atoms with Gasteiger partial charge >= 0.3 is 12.1 Å². The molecule has 0 amide bonds. The van der Waals surface area contributed by atoms with Crippen molar-refractivity contribution in [1.82, 2.24) is 4.98 Å². The summed E-state index contributed by atoms with van der Waals surface area (Å²) in [6.45, 7) is 0. The number of hydrogen-bond donors (Lipinski definition) is 0. The molecule has 0 aliphatic rings. The Morgan fingerprint density at radius 1 is 1.23 bits per heavy atom. The first-order valence-corrected chi connectivity index (χ1v) is 8.16. The molecule has 0 saturated carbocycles. The molecule has 3 nitrogen and oxygen atoms in total. The molecule has 1 aromatic heterocycles. The number of nitrogens with zero attached hydrogens (tertiary/aromatic N) is 1. The van der Waals surface area contributed by atoms with Gasteiger partial charge in [0.25, 0.3) is 0 Å². The zero-order valence-electron chi connectivity index (χ0n) is 13.0. The highest BCUT2D eigenvalue weighted by molar-refractivity contribution is 6.33. The lowest BCUT2D eigenvalue weighted by atomic mass is 10.0. The van der Waals surface area contributed by atoms with Gasteiger partial charge in [0, 0.05) is 23.2 Å². The molecule has 140 valence electrons. The molecule has 1 heterocycles. The van der Waals surface area contributed by atoms with Crippen LogP contribution in [0.4, 0.5) is 17.6 Å². The maximum absolute atomic E-state index is 14.3. The Labute approximate surface area is 160 Å². The first kappa shape index (κ1) is 20.7. The molecule has 0 saturated heterocycles. The summed E-state index contributed by atoms with van der Waals surface area (Å²) < 4.78 is 56.9. The van der Waals surface area contributed by atoms with Crippen LogP contribution in [0, 0.1) is 5.82 Å². The zero-order chi connectivity index (χ0) is 19.6. The predicted octanol–water partition coefficient (Wildman–Crippen LogP) is 5.54. The Bertz CT molecular complexity index is 843. The van der Waals surface area contributed by atoms with Gasteiger partial charge in [-0.25, -0.2) is 4.39 Å². The minimum absolute atomic E-state index is 0.0103. The molecule has 1 atom stereocenters. The summed E-state index contributed by atoms with van der Waals surface area (Å²) in [5.41, 5.74) is -1.14. The molecule has 0 bridgehead atoms. The summed E-state index contributed by atoms with van der Waals surface area (Å²) in [6.07, 6.45) is -4.17. The van der Waals surface area contributed by atoms with Gasteiger partial charge in [0.1, 0.15) is 11.2 Å². The molecule has 0 N–H and O–H groups in total. The van der Waals surface area contributed by atoms with Crippen LogP contribution in [0.3, 0.4) is 0 Å². The van der Waals surface area contributed by atoms with Crippen LogP contribution in [-0.4, -0.2) is 23.4 Å². The van der Waals surface area contributed by atoms with Crippen LogP contribution in [-0.2, 0) is 22.1 Å². The second kappa shape index (κ2) is 7.98. The molecule has 0 aliphatic carbocycles. The summed E-state index contributed by atoms with van der Waals surface area (Å²) >= 11 is 17.7. The standard InChI is InChI=1S/C16H10Cl3F4NO2/c1-26-15(25)12(19)3-7-2-9(13(20)5-10(7)17)14-11(18)4-8(6-24-14)16(21,22)23/h2,4-6,12H,3H2,1H3. The molecule has 0 radical (unpaired) electrons. The van der Waals surface area contributed by atoms with Crippen molar-refractivity contribution in [2.75, 3.05) is 7.11 Å². The second-order valence-electron chi connectivity index (χ2n) is 5.17. The summed E-state index contributed by atoms with van der Waals surface area (Å²) in [4.78, 5) is 15.0. The number of methoxy groups -OCH3 is 1. The van der Waals surface area contributed by atoms with Crippen LogP contribution >= 0.6 is 34.8 Å². The van der Waals surface area contributed by atoms with Crippen molar-refractivity contribution in [1.29, 1.82) is 0 Å². The van der Waals surface area contributed by atoms with Gasteiger partial charge in [0.05, 0.1) is 23.4 Å². The van der Waals surface area contributed by atoms with Crippen molar-refractivity contribution < 1.29 is 27.1 Å². The third-order valence-corrected chi connectivity index (χ3v) is 4.39. The molecule has 1 unspecified atom stereocenters. The van der Waals surface area contributed by atoms with Gasteiger partial charge in [-0.1, -0.05) is 23.2 Å². The third-order valence-electron chi connectivity index (χ3n) is 3.42. The molecule has 10 heteroatoms. The summed E-state index contributed by atoms with van der Waals surface area (Å²) in [5.74, 6) is -1.55. The van der Waals surface area contributed by atoms with E-state index in [-0.39, 0.29) is 33.3 Å². The van der Waals surface area contributed by atoms with E-state index in [9.17, 15) is 22.4 Å². The van der Waals surface area contributed by atoms with E-state index in [1.165, 1.54) is 6.07 Å². The minimum atomic E-state index is -4.63. The van der Waals surface area contributed by atoms with Crippen LogP contribution in [0.5, 0.6) is 0 Å². The van der Waals surface area contributed by atoms with Crippen molar-refractivity contribution in [3.8, 4) is 11.3 Å². The van der Waals surface area contributed by atoms with E-state index >= 15 is 0 Å². The predicted molar refractivity (Wildman–Crippen MR) is 90.0 cm³/mol. The SMILES string of the molecule is COC(=O)C(Cl)Cc1cc(-c2ncc(C(F)(F)F)cc2Cl)c(F)cc1Cl. The number of rotatable bonds is 4. The van der Waals surface area contributed by atoms with Crippen LogP contribution in [0.15, 0.2) is 24.4 Å². The van der Waals surface area contributed by atoms with Gasteiger partial charge in [0.2, 0.25) is 0 Å². The normalized spacial score (nSPS) is 12.8. The number of hydrogen-bond acceptors (Lipinski definition) is 3. The Kier molecular flexibility index (Phi) is 6.37. The van der Waals surface area contributed by atoms with E-state index in [2.05, 4.69) is 9.72 Å². The van der Waals surface area contributed by atoms with Crippen LogP contribution < -0.4 is 0 Å². The molecular formula is C16H10Cl3F4NO2. The number of esters is 1. The summed E-state index contributed by atoms with van der Waals surface area (Å²) in [5, 5.41) is -1.47. The number of pyridine rings is 1. The molecule has 2 aromatic rings. The Morgan fingerprint density at radius 3 is 2.42 bits per heavy atom. The maximum Gasteiger partial charge on any atom is 0.417 e. The lowest BCUT2D eigenvalue weighted by molar-refractivity contribution is -0.140. The number of alkyl halides is 4. The average Bonchev–Trinajstić information content (AvgIpc) is 2.55. The smallest absolute Gasteiger partial charge is 0.417 e. The van der Waals surface area contributed by atoms with Gasteiger partial charge in [-0.2, -0.15) is 13.2 Å². The largest absolute Gasteiger partial charge is 0.468 e. The van der Waals surface area contributed by atoms with Crippen LogP contribution in [0.1, 0.15) is 11.1 Å². The fourth-order valence-electron chi connectivity index (χ4n) is 2.13. The number of aromatic nitrogens is 1. The Morgan fingerprint density at radius 2 is 1.88 bits per heavy atom. The fraction of sp³-hybridized carbons (Fsp3) is 0.250. The van der Waals surface area contributed by atoms with E-state index in [0.717, 1.165) is 13.2 Å². The maximum atomic E-state index is 14.3. The molecule has 1 aromatic carbocycles. The molecule has 0 spiro atoms. The van der Waals surface area contributed by atoms with Crippen LogP contribution in [0.2, 0.25) is 10.0 Å². The first-order chi connectivity index (χ1) is 12.0. The number of carbonyl (C=O) groups is 1. The number of carbonyl (C=O) groups excluding carboxylic acids is 1. The minimum Gasteiger partial charge on any atom is -0.468 e. The van der Waals surface area contributed by atoms with Gasteiger partial charge in [-0.15, -0.1) is 11.6 Å². The Balaban J connectivity index is 2.47. The van der Waals surface area contributed by atoms with Crippen LogP contribution in [0.25, 0.3) is 11.3 Å². The fourth-order valence-corrected chi connectivity index (χ4v) is 2.88. The highest BCUT2D eigenvalue weighted by Crippen LogP contribution is 2.36. The number of ether oxygens (including phenoxy) is 1. The lowest BCUT2D eigenvalue weighted by Gasteiger charge is -2.13. The van der Waals surface area contributed by atoms with E-state index in [0.29, 0.717) is 12.3 Å². The van der Waals surface area contributed by atoms with E-state index in [1.807, 2.05) is 0 Å². The highest BCUT2D eigenvalue weighted by atomic mass is 35.5. The van der Waals surface area contributed by atoms with Gasteiger partial charge in [0.15, 0.2) is 0 Å². The summed E-state index contributed by atoms with van der Waals surface area (Å²) in [6, 6.07) is 2.83. The molecular weight excluding hydrogens is 421 g/mol. The van der Waals surface area contributed by atoms with E-state index < -0.39 is 28.9 Å². The van der Waals surface area contributed by atoms with Crippen molar-refractivity contribution >= 4 is 40.8 Å². The molecule has 26 heavy (non-hydrogen) atoms. The van der Waals surface area contributed by atoms with Crippen molar-refractivity contribution in [3.63, 3.8) is 0 Å². The lowest BCUT2D eigenvalue weighted by Crippen LogP contribution is -2.19. The zero-order valence-corrected chi connectivity index (χ0v) is 15.3. The molecule has 0 aliphatic heterocycles. The van der Waals surface area contributed by atoms with E-state index in [1.54, 1.807) is 0 Å². The molecule has 2 rings (SSSR count). The van der Waals surface area contributed by atoms with Gasteiger partial charge in [-0.3, -0.25) is 9.78 Å². The van der Waals surface area contributed by atoms with Gasteiger partial charge in [-0.05, 0) is 23.8 Å². The summed E-state index contributed by atoms with van der Waals surface area (Å²) in [7, 11) is 1.15. The topological polar surface area (TPSA) is 39.2 Å². The second-order valence-corrected chi connectivity index (χ2v) is 6.51. The molecule has 0 fully saturated rings. The Hall–Kier alpha value is -1.57. The van der Waals surface area contributed by atoms with Crippen molar-refractivity contribution in [2.24, 2.45) is 0 Å². The van der Waals surface area contributed by atoms with E-state index in [4.69, 9.17) is 34.8 Å². The number of halogens is 7. The average molecular weight is 431 g/mol. The van der Waals surface area contributed by atoms with Crippen molar-refractivity contribution in [3.05, 3.63) is 51.4 Å². The quantitative estimate of drug-likeness (QED) is 0.363.